The van der Waals surface area contributed by atoms with E-state index in [0.29, 0.717) is 5.60 Å². The van der Waals surface area contributed by atoms with E-state index in [9.17, 15) is 0 Å². The van der Waals surface area contributed by atoms with Gasteiger partial charge in [-0.15, -0.1) is 0 Å². The average molecular weight is 152 g/mol. The highest BCUT2D eigenvalue weighted by atomic mass is 16.5. The van der Waals surface area contributed by atoms with Crippen LogP contribution in [0.3, 0.4) is 0 Å². The average Bonchev–Trinajstić information content (AvgIpc) is 2.32. The van der Waals surface area contributed by atoms with Crippen molar-refractivity contribution in [3.63, 3.8) is 0 Å². The van der Waals surface area contributed by atoms with Gasteiger partial charge in [0.2, 0.25) is 0 Å². The van der Waals surface area contributed by atoms with Crippen LogP contribution in [0.15, 0.2) is 12.2 Å². The maximum Gasteiger partial charge on any atom is 0.0689 e. The summed E-state index contributed by atoms with van der Waals surface area (Å²) in [4.78, 5) is 0. The first kappa shape index (κ1) is 7.35. The summed E-state index contributed by atoms with van der Waals surface area (Å²) < 4.78 is 5.82. The molecule has 2 rings (SSSR count). The highest BCUT2D eigenvalue weighted by Gasteiger charge is 2.33. The predicted octanol–water partition coefficient (Wildman–Crippen LogP) is 2.67. The first-order valence-corrected chi connectivity index (χ1v) is 4.70. The van der Waals surface area contributed by atoms with Crippen molar-refractivity contribution in [2.24, 2.45) is 0 Å². The lowest BCUT2D eigenvalue weighted by atomic mass is 9.91. The molecule has 1 heteroatoms. The Bertz CT molecular complexity index is 142. The molecule has 1 aliphatic heterocycles. The number of hydrogen-bond donors (Lipinski definition) is 0. The minimum absolute atomic E-state index is 0.295. The van der Waals surface area contributed by atoms with Crippen molar-refractivity contribution in [3.8, 4) is 0 Å². The lowest BCUT2D eigenvalue weighted by Gasteiger charge is -2.26. The van der Waals surface area contributed by atoms with Crippen LogP contribution >= 0.6 is 0 Å². The maximum absolute atomic E-state index is 5.82. The normalized spacial score (nSPS) is 29.1. The van der Waals surface area contributed by atoms with Gasteiger partial charge in [0, 0.05) is 6.61 Å². The molecule has 0 aromatic heterocycles. The zero-order valence-electron chi connectivity index (χ0n) is 7.01. The first-order valence-electron chi connectivity index (χ1n) is 4.70. The Morgan fingerprint density at radius 3 is 2.27 bits per heavy atom. The second kappa shape index (κ2) is 2.98. The fourth-order valence-corrected chi connectivity index (χ4v) is 2.20. The summed E-state index contributed by atoms with van der Waals surface area (Å²) in [7, 11) is 0. The third kappa shape index (κ3) is 1.48. The van der Waals surface area contributed by atoms with E-state index in [4.69, 9.17) is 4.74 Å². The second-order valence-corrected chi connectivity index (χ2v) is 3.68. The van der Waals surface area contributed by atoms with Gasteiger partial charge in [0.1, 0.15) is 0 Å². The van der Waals surface area contributed by atoms with Gasteiger partial charge in [0.05, 0.1) is 5.60 Å². The van der Waals surface area contributed by atoms with Crippen molar-refractivity contribution < 1.29 is 4.74 Å². The van der Waals surface area contributed by atoms with Crippen LogP contribution in [0.2, 0.25) is 0 Å². The fraction of sp³-hybridized carbons (Fsp3) is 0.800. The zero-order chi connectivity index (χ0) is 7.57. The van der Waals surface area contributed by atoms with E-state index < -0.39 is 0 Å². The van der Waals surface area contributed by atoms with Crippen molar-refractivity contribution in [3.05, 3.63) is 12.2 Å². The molecule has 1 saturated heterocycles. The van der Waals surface area contributed by atoms with Crippen LogP contribution in [0.4, 0.5) is 0 Å². The summed E-state index contributed by atoms with van der Waals surface area (Å²) in [5.41, 5.74) is 0.295. The molecule has 0 radical (unpaired) electrons. The van der Waals surface area contributed by atoms with Crippen molar-refractivity contribution >= 4 is 0 Å². The molecule has 1 heterocycles. The molecule has 0 N–H and O–H groups in total. The lowest BCUT2D eigenvalue weighted by molar-refractivity contribution is -0.00668. The van der Waals surface area contributed by atoms with Gasteiger partial charge >= 0.3 is 0 Å². The molecular weight excluding hydrogens is 136 g/mol. The molecular formula is C10H16O. The maximum atomic E-state index is 5.82. The molecule has 11 heavy (non-hydrogen) atoms. The molecule has 0 amide bonds. The van der Waals surface area contributed by atoms with Crippen LogP contribution in [0.25, 0.3) is 0 Å². The van der Waals surface area contributed by atoms with Crippen molar-refractivity contribution in [2.75, 3.05) is 6.61 Å². The van der Waals surface area contributed by atoms with Crippen molar-refractivity contribution in [2.45, 2.75) is 44.1 Å². The molecule has 62 valence electrons. The van der Waals surface area contributed by atoms with E-state index in [-0.39, 0.29) is 0 Å². The van der Waals surface area contributed by atoms with Crippen molar-refractivity contribution in [1.82, 2.24) is 0 Å². The number of allylic oxidation sites excluding steroid dienone is 2. The number of hydrogen-bond acceptors (Lipinski definition) is 1. The van der Waals surface area contributed by atoms with Gasteiger partial charge in [0.25, 0.3) is 0 Å². The third-order valence-corrected chi connectivity index (χ3v) is 2.88. The SMILES string of the molecule is C1=CCCC2(CC1)CCCO2. The van der Waals surface area contributed by atoms with Crippen LogP contribution in [0.5, 0.6) is 0 Å². The Morgan fingerprint density at radius 2 is 1.73 bits per heavy atom. The number of rotatable bonds is 0. The molecule has 0 saturated carbocycles. The van der Waals surface area contributed by atoms with E-state index in [1.807, 2.05) is 0 Å². The first-order chi connectivity index (χ1) is 5.41. The van der Waals surface area contributed by atoms with E-state index in [1.165, 1.54) is 38.5 Å². The summed E-state index contributed by atoms with van der Waals surface area (Å²) in [5.74, 6) is 0. The molecule has 1 nitrogen and oxygen atoms in total. The smallest absolute Gasteiger partial charge is 0.0689 e. The topological polar surface area (TPSA) is 9.23 Å². The van der Waals surface area contributed by atoms with Gasteiger partial charge < -0.3 is 4.74 Å². The van der Waals surface area contributed by atoms with Gasteiger partial charge in [0.15, 0.2) is 0 Å². The summed E-state index contributed by atoms with van der Waals surface area (Å²) in [6.45, 7) is 1.00. The zero-order valence-corrected chi connectivity index (χ0v) is 7.01. The Balaban J connectivity index is 2.01. The quantitative estimate of drug-likeness (QED) is 0.485. The van der Waals surface area contributed by atoms with Crippen LogP contribution < -0.4 is 0 Å². The van der Waals surface area contributed by atoms with Gasteiger partial charge in [-0.25, -0.2) is 0 Å². The minimum atomic E-state index is 0.295. The molecule has 0 aromatic carbocycles. The van der Waals surface area contributed by atoms with Crippen LogP contribution in [-0.2, 0) is 4.74 Å². The molecule has 0 bridgehead atoms. The van der Waals surface area contributed by atoms with E-state index in [1.54, 1.807) is 0 Å². The van der Waals surface area contributed by atoms with Crippen LogP contribution in [0, 0.1) is 0 Å². The van der Waals surface area contributed by atoms with Gasteiger partial charge in [-0.05, 0) is 38.5 Å². The Kier molecular flexibility index (Phi) is 1.99. The Labute approximate surface area is 68.4 Å². The minimum Gasteiger partial charge on any atom is -0.375 e. The highest BCUT2D eigenvalue weighted by Crippen LogP contribution is 2.36. The third-order valence-electron chi connectivity index (χ3n) is 2.88. The van der Waals surface area contributed by atoms with E-state index in [2.05, 4.69) is 12.2 Å². The largest absolute Gasteiger partial charge is 0.375 e. The van der Waals surface area contributed by atoms with Crippen molar-refractivity contribution in [1.29, 1.82) is 0 Å². The molecule has 2 aliphatic rings. The standard InChI is InChI=1S/C10H16O/c1-2-4-7-10(6-3-1)8-5-9-11-10/h1-2H,3-9H2. The monoisotopic (exact) mass is 152 g/mol. The molecule has 0 unspecified atom stereocenters. The van der Waals surface area contributed by atoms with E-state index >= 15 is 0 Å². The molecule has 1 spiro atoms. The summed E-state index contributed by atoms with van der Waals surface area (Å²) >= 11 is 0. The predicted molar refractivity (Wildman–Crippen MR) is 45.5 cm³/mol. The summed E-state index contributed by atoms with van der Waals surface area (Å²) in [6.07, 6.45) is 12.1. The Hall–Kier alpha value is -0.300. The van der Waals surface area contributed by atoms with Gasteiger partial charge in [-0.1, -0.05) is 12.2 Å². The number of ether oxygens (including phenoxy) is 1. The summed E-state index contributed by atoms with van der Waals surface area (Å²) in [6, 6.07) is 0. The van der Waals surface area contributed by atoms with Crippen LogP contribution in [-0.4, -0.2) is 12.2 Å². The lowest BCUT2D eigenvalue weighted by Crippen LogP contribution is -2.26. The van der Waals surface area contributed by atoms with Gasteiger partial charge in [-0.2, -0.15) is 0 Å². The second-order valence-electron chi connectivity index (χ2n) is 3.68. The van der Waals surface area contributed by atoms with Crippen LogP contribution in [0.1, 0.15) is 38.5 Å². The molecule has 0 aromatic rings. The summed E-state index contributed by atoms with van der Waals surface area (Å²) in [5, 5.41) is 0. The molecule has 1 fully saturated rings. The van der Waals surface area contributed by atoms with Gasteiger partial charge in [-0.3, -0.25) is 0 Å². The fourth-order valence-electron chi connectivity index (χ4n) is 2.20. The molecule has 1 aliphatic carbocycles. The van der Waals surface area contributed by atoms with E-state index in [0.717, 1.165) is 6.61 Å². The highest BCUT2D eigenvalue weighted by molar-refractivity contribution is 4.96. The molecule has 0 atom stereocenters. The Morgan fingerprint density at radius 1 is 1.00 bits per heavy atom.